The van der Waals surface area contributed by atoms with E-state index in [1.807, 2.05) is 0 Å². The Hall–Kier alpha value is -0.820. The Morgan fingerprint density at radius 3 is 2.16 bits per heavy atom. The standard InChI is InChI=1S/C18H29N/c1-14-10-16(11-14)13-19(5)12-15-6-8-17(9-7-15)18(2,3)4/h6-9,14,16H,10-13H2,1-5H3. The summed E-state index contributed by atoms with van der Waals surface area (Å²) in [5.41, 5.74) is 3.11. The topological polar surface area (TPSA) is 3.24 Å². The van der Waals surface area contributed by atoms with E-state index >= 15 is 0 Å². The molecule has 0 spiro atoms. The van der Waals surface area contributed by atoms with Gasteiger partial charge in [-0.15, -0.1) is 0 Å². The van der Waals surface area contributed by atoms with Crippen LogP contribution in [-0.2, 0) is 12.0 Å². The van der Waals surface area contributed by atoms with Crippen molar-refractivity contribution in [3.63, 3.8) is 0 Å². The maximum Gasteiger partial charge on any atom is 0.0230 e. The van der Waals surface area contributed by atoms with Gasteiger partial charge in [-0.05, 0) is 48.3 Å². The lowest BCUT2D eigenvalue weighted by molar-refractivity contribution is 0.147. The summed E-state index contributed by atoms with van der Waals surface area (Å²) in [6.45, 7) is 11.5. The second-order valence-corrected chi connectivity index (χ2v) is 7.59. The lowest BCUT2D eigenvalue weighted by Gasteiger charge is -2.35. The Labute approximate surface area is 119 Å². The lowest BCUT2D eigenvalue weighted by atomic mass is 9.76. The summed E-state index contributed by atoms with van der Waals surface area (Å²) in [6.07, 6.45) is 2.85. The zero-order chi connectivity index (χ0) is 14.0. The zero-order valence-electron chi connectivity index (χ0n) is 13.2. The molecule has 1 fully saturated rings. The SMILES string of the molecule is CC1CC(CN(C)Cc2ccc(C(C)(C)C)cc2)C1. The van der Waals surface area contributed by atoms with Gasteiger partial charge in [0.25, 0.3) is 0 Å². The number of benzene rings is 1. The van der Waals surface area contributed by atoms with Gasteiger partial charge in [-0.1, -0.05) is 52.0 Å². The van der Waals surface area contributed by atoms with Crippen LogP contribution < -0.4 is 0 Å². The summed E-state index contributed by atoms with van der Waals surface area (Å²) in [6, 6.07) is 9.16. The van der Waals surface area contributed by atoms with Gasteiger partial charge in [0.05, 0.1) is 0 Å². The van der Waals surface area contributed by atoms with Gasteiger partial charge >= 0.3 is 0 Å². The molecule has 1 saturated carbocycles. The van der Waals surface area contributed by atoms with Crippen LogP contribution in [0.1, 0.15) is 51.7 Å². The van der Waals surface area contributed by atoms with Gasteiger partial charge in [-0.25, -0.2) is 0 Å². The third-order valence-corrected chi connectivity index (χ3v) is 4.31. The molecule has 0 unspecified atom stereocenters. The average Bonchev–Trinajstić information content (AvgIpc) is 2.26. The molecule has 0 heterocycles. The Morgan fingerprint density at radius 1 is 1.11 bits per heavy atom. The molecule has 0 aromatic heterocycles. The Balaban J connectivity index is 1.85. The molecule has 106 valence electrons. The normalized spacial score (nSPS) is 23.5. The van der Waals surface area contributed by atoms with Gasteiger partial charge in [0.1, 0.15) is 0 Å². The molecule has 19 heavy (non-hydrogen) atoms. The number of rotatable bonds is 4. The van der Waals surface area contributed by atoms with Gasteiger partial charge in [-0.2, -0.15) is 0 Å². The van der Waals surface area contributed by atoms with Crippen molar-refractivity contribution in [1.82, 2.24) is 4.90 Å². The molecule has 1 heteroatoms. The minimum atomic E-state index is 0.256. The van der Waals surface area contributed by atoms with Gasteiger partial charge in [0.15, 0.2) is 0 Å². The summed E-state index contributed by atoms with van der Waals surface area (Å²) < 4.78 is 0. The van der Waals surface area contributed by atoms with Crippen molar-refractivity contribution in [2.75, 3.05) is 13.6 Å². The first-order chi connectivity index (χ1) is 8.84. The molecule has 1 nitrogen and oxygen atoms in total. The Bertz CT molecular complexity index is 393. The van der Waals surface area contributed by atoms with Crippen molar-refractivity contribution < 1.29 is 0 Å². The van der Waals surface area contributed by atoms with Crippen molar-refractivity contribution >= 4 is 0 Å². The fourth-order valence-corrected chi connectivity index (χ4v) is 3.15. The molecule has 0 aliphatic heterocycles. The van der Waals surface area contributed by atoms with Gasteiger partial charge in [0, 0.05) is 13.1 Å². The molecule has 1 aromatic carbocycles. The molecule has 0 amide bonds. The summed E-state index contributed by atoms with van der Waals surface area (Å²) in [5.74, 6) is 1.90. The van der Waals surface area contributed by atoms with Crippen LogP contribution in [0.15, 0.2) is 24.3 Å². The van der Waals surface area contributed by atoms with Gasteiger partial charge < -0.3 is 4.90 Å². The molecule has 2 rings (SSSR count). The van der Waals surface area contributed by atoms with Crippen LogP contribution in [0.2, 0.25) is 0 Å². The van der Waals surface area contributed by atoms with E-state index in [0.717, 1.165) is 18.4 Å². The highest BCUT2D eigenvalue weighted by molar-refractivity contribution is 5.27. The maximum atomic E-state index is 2.47. The summed E-state index contributed by atoms with van der Waals surface area (Å²) in [4.78, 5) is 2.47. The molecule has 0 bridgehead atoms. The molecule has 0 radical (unpaired) electrons. The highest BCUT2D eigenvalue weighted by atomic mass is 15.1. The maximum absolute atomic E-state index is 2.47. The smallest absolute Gasteiger partial charge is 0.0230 e. The van der Waals surface area contributed by atoms with E-state index in [0.29, 0.717) is 0 Å². The first-order valence-electron chi connectivity index (χ1n) is 7.62. The first kappa shape index (κ1) is 14.6. The first-order valence-corrected chi connectivity index (χ1v) is 7.62. The van der Waals surface area contributed by atoms with Crippen LogP contribution in [0.4, 0.5) is 0 Å². The van der Waals surface area contributed by atoms with E-state index in [2.05, 4.69) is 63.9 Å². The molecular formula is C18H29N. The van der Waals surface area contributed by atoms with Crippen molar-refractivity contribution in [2.45, 2.75) is 52.5 Å². The molecule has 1 aliphatic carbocycles. The predicted octanol–water partition coefficient (Wildman–Crippen LogP) is 4.46. The van der Waals surface area contributed by atoms with E-state index in [1.54, 1.807) is 0 Å². The minimum Gasteiger partial charge on any atom is -0.302 e. The molecule has 0 saturated heterocycles. The Kier molecular flexibility index (Phi) is 4.35. The number of hydrogen-bond donors (Lipinski definition) is 0. The molecular weight excluding hydrogens is 230 g/mol. The molecule has 0 atom stereocenters. The van der Waals surface area contributed by atoms with Gasteiger partial charge in [0.2, 0.25) is 0 Å². The fraction of sp³-hybridized carbons (Fsp3) is 0.667. The summed E-state index contributed by atoms with van der Waals surface area (Å²) in [5, 5.41) is 0. The molecule has 0 N–H and O–H groups in total. The van der Waals surface area contributed by atoms with Crippen LogP contribution in [0.5, 0.6) is 0 Å². The quantitative estimate of drug-likeness (QED) is 0.771. The minimum absolute atomic E-state index is 0.256. The fourth-order valence-electron chi connectivity index (χ4n) is 3.15. The van der Waals surface area contributed by atoms with E-state index in [9.17, 15) is 0 Å². The highest BCUT2D eigenvalue weighted by Crippen LogP contribution is 2.33. The van der Waals surface area contributed by atoms with Crippen LogP contribution in [0, 0.1) is 11.8 Å². The number of nitrogens with zero attached hydrogens (tertiary/aromatic N) is 1. The summed E-state index contributed by atoms with van der Waals surface area (Å²) in [7, 11) is 2.25. The van der Waals surface area contributed by atoms with Crippen molar-refractivity contribution in [3.05, 3.63) is 35.4 Å². The molecule has 1 aliphatic rings. The third kappa shape index (κ3) is 4.07. The highest BCUT2D eigenvalue weighted by Gasteiger charge is 2.26. The average molecular weight is 259 g/mol. The largest absolute Gasteiger partial charge is 0.302 e. The van der Waals surface area contributed by atoms with Crippen molar-refractivity contribution in [1.29, 1.82) is 0 Å². The van der Waals surface area contributed by atoms with Crippen LogP contribution in [-0.4, -0.2) is 18.5 Å². The third-order valence-electron chi connectivity index (χ3n) is 4.31. The van der Waals surface area contributed by atoms with E-state index in [-0.39, 0.29) is 5.41 Å². The van der Waals surface area contributed by atoms with E-state index in [4.69, 9.17) is 0 Å². The van der Waals surface area contributed by atoms with Gasteiger partial charge in [-0.3, -0.25) is 0 Å². The zero-order valence-corrected chi connectivity index (χ0v) is 13.2. The van der Waals surface area contributed by atoms with E-state index < -0.39 is 0 Å². The summed E-state index contributed by atoms with van der Waals surface area (Å²) >= 11 is 0. The predicted molar refractivity (Wildman–Crippen MR) is 83.4 cm³/mol. The lowest BCUT2D eigenvalue weighted by Crippen LogP contribution is -2.33. The van der Waals surface area contributed by atoms with Crippen LogP contribution in [0.25, 0.3) is 0 Å². The van der Waals surface area contributed by atoms with Crippen molar-refractivity contribution in [2.24, 2.45) is 11.8 Å². The van der Waals surface area contributed by atoms with Crippen LogP contribution >= 0.6 is 0 Å². The van der Waals surface area contributed by atoms with Crippen LogP contribution in [0.3, 0.4) is 0 Å². The monoisotopic (exact) mass is 259 g/mol. The second kappa shape index (κ2) is 5.66. The van der Waals surface area contributed by atoms with Crippen molar-refractivity contribution in [3.8, 4) is 0 Å². The molecule has 1 aromatic rings. The van der Waals surface area contributed by atoms with E-state index in [1.165, 1.54) is 30.5 Å². The Morgan fingerprint density at radius 2 is 1.68 bits per heavy atom. The number of hydrogen-bond acceptors (Lipinski definition) is 1. The second-order valence-electron chi connectivity index (χ2n) is 7.59.